The maximum absolute atomic E-state index is 4.36. The Morgan fingerprint density at radius 2 is 2.30 bits per heavy atom. The second-order valence-electron chi connectivity index (χ2n) is 2.11. The third kappa shape index (κ3) is 1.29. The number of hydrogen-bond acceptors (Lipinski definition) is 3. The van der Waals surface area contributed by atoms with Crippen molar-refractivity contribution in [3.8, 4) is 0 Å². The lowest BCUT2D eigenvalue weighted by molar-refractivity contribution is 1.04. The zero-order chi connectivity index (χ0) is 7.56. The van der Waals surface area contributed by atoms with Crippen molar-refractivity contribution < 1.29 is 0 Å². The highest BCUT2D eigenvalue weighted by atomic mass is 32.1. The maximum Gasteiger partial charge on any atom is 0.112 e. The van der Waals surface area contributed by atoms with Crippen LogP contribution < -0.4 is 5.32 Å². The first-order valence-corrected chi connectivity index (χ1v) is 4.23. The predicted molar refractivity (Wildman–Crippen MR) is 45.8 cm³/mol. The van der Waals surface area contributed by atoms with Gasteiger partial charge in [0, 0.05) is 7.05 Å². The first-order chi connectivity index (χ1) is 4.77. The highest BCUT2D eigenvalue weighted by Crippen LogP contribution is 2.23. The summed E-state index contributed by atoms with van der Waals surface area (Å²) < 4.78 is 0. The molecule has 1 N–H and O–H groups in total. The van der Waals surface area contributed by atoms with Gasteiger partial charge >= 0.3 is 0 Å². The van der Waals surface area contributed by atoms with Gasteiger partial charge in [-0.1, -0.05) is 6.92 Å². The monoisotopic (exact) mass is 156 g/mol. The zero-order valence-electron chi connectivity index (χ0n) is 6.56. The van der Waals surface area contributed by atoms with E-state index in [1.165, 1.54) is 10.7 Å². The summed E-state index contributed by atoms with van der Waals surface area (Å²) in [6.07, 6.45) is 1.01. The van der Waals surface area contributed by atoms with Crippen LogP contribution in [0.15, 0.2) is 0 Å². The van der Waals surface area contributed by atoms with Crippen molar-refractivity contribution >= 4 is 16.3 Å². The van der Waals surface area contributed by atoms with Gasteiger partial charge in [0.25, 0.3) is 0 Å². The van der Waals surface area contributed by atoms with Gasteiger partial charge in [-0.3, -0.25) is 0 Å². The van der Waals surface area contributed by atoms with E-state index >= 15 is 0 Å². The molecule has 0 spiro atoms. The molecule has 1 rings (SSSR count). The van der Waals surface area contributed by atoms with Crippen LogP contribution in [-0.4, -0.2) is 12.0 Å². The van der Waals surface area contributed by atoms with Crippen molar-refractivity contribution in [2.24, 2.45) is 0 Å². The van der Waals surface area contributed by atoms with E-state index < -0.39 is 0 Å². The normalized spacial score (nSPS) is 9.90. The molecule has 0 aliphatic rings. The number of thiazole rings is 1. The number of nitrogens with zero attached hydrogens (tertiary/aromatic N) is 1. The van der Waals surface area contributed by atoms with Gasteiger partial charge in [0.1, 0.15) is 5.00 Å². The summed E-state index contributed by atoms with van der Waals surface area (Å²) in [7, 11) is 1.94. The minimum absolute atomic E-state index is 1.01. The molecule has 0 saturated carbocycles. The molecule has 0 radical (unpaired) electrons. The molecule has 1 aromatic heterocycles. The van der Waals surface area contributed by atoms with Crippen molar-refractivity contribution in [2.45, 2.75) is 20.3 Å². The topological polar surface area (TPSA) is 24.9 Å². The van der Waals surface area contributed by atoms with Gasteiger partial charge in [-0.25, -0.2) is 4.98 Å². The van der Waals surface area contributed by atoms with Crippen molar-refractivity contribution in [3.63, 3.8) is 0 Å². The molecule has 0 amide bonds. The van der Waals surface area contributed by atoms with E-state index in [0.717, 1.165) is 11.4 Å². The molecule has 0 atom stereocenters. The summed E-state index contributed by atoms with van der Waals surface area (Å²) in [6.45, 7) is 4.15. The quantitative estimate of drug-likeness (QED) is 0.709. The van der Waals surface area contributed by atoms with Crippen molar-refractivity contribution in [1.82, 2.24) is 4.98 Å². The van der Waals surface area contributed by atoms with Crippen LogP contribution in [0.3, 0.4) is 0 Å². The van der Waals surface area contributed by atoms with Crippen LogP contribution in [0.4, 0.5) is 5.00 Å². The van der Waals surface area contributed by atoms with E-state index in [1.54, 1.807) is 11.3 Å². The Bertz CT molecular complexity index is 196. The molecular weight excluding hydrogens is 144 g/mol. The van der Waals surface area contributed by atoms with Crippen LogP contribution in [0, 0.1) is 6.92 Å². The van der Waals surface area contributed by atoms with E-state index in [4.69, 9.17) is 0 Å². The third-order valence-electron chi connectivity index (χ3n) is 1.37. The highest BCUT2D eigenvalue weighted by Gasteiger charge is 2.03. The maximum atomic E-state index is 4.36. The second kappa shape index (κ2) is 3.01. The molecule has 10 heavy (non-hydrogen) atoms. The van der Waals surface area contributed by atoms with Crippen LogP contribution in [0.25, 0.3) is 0 Å². The Labute approximate surface area is 65.3 Å². The van der Waals surface area contributed by atoms with Gasteiger partial charge < -0.3 is 5.32 Å². The number of nitrogens with one attached hydrogen (secondary N) is 1. The van der Waals surface area contributed by atoms with Gasteiger partial charge in [0.05, 0.1) is 10.7 Å². The lowest BCUT2D eigenvalue weighted by atomic mass is 10.3. The first kappa shape index (κ1) is 7.54. The van der Waals surface area contributed by atoms with Gasteiger partial charge in [-0.15, -0.1) is 11.3 Å². The molecule has 0 fully saturated rings. The van der Waals surface area contributed by atoms with Crippen LogP contribution >= 0.6 is 11.3 Å². The summed E-state index contributed by atoms with van der Waals surface area (Å²) in [4.78, 5) is 4.36. The fourth-order valence-electron chi connectivity index (χ4n) is 0.905. The molecule has 1 heterocycles. The fraction of sp³-hybridized carbons (Fsp3) is 0.571. The lowest BCUT2D eigenvalue weighted by Crippen LogP contribution is -1.89. The molecule has 56 valence electrons. The van der Waals surface area contributed by atoms with E-state index in [9.17, 15) is 0 Å². The summed E-state index contributed by atoms with van der Waals surface area (Å²) in [6, 6.07) is 0. The van der Waals surface area contributed by atoms with Crippen molar-refractivity contribution in [3.05, 3.63) is 10.7 Å². The van der Waals surface area contributed by atoms with E-state index in [-0.39, 0.29) is 0 Å². The summed E-state index contributed by atoms with van der Waals surface area (Å²) in [5.74, 6) is 0. The lowest BCUT2D eigenvalue weighted by Gasteiger charge is -1.94. The van der Waals surface area contributed by atoms with Crippen molar-refractivity contribution in [2.75, 3.05) is 12.4 Å². The molecule has 0 aliphatic heterocycles. The summed E-state index contributed by atoms with van der Waals surface area (Å²) in [5.41, 5.74) is 1.19. The molecular formula is C7H12N2S. The Morgan fingerprint density at radius 3 is 2.70 bits per heavy atom. The fourth-order valence-corrected chi connectivity index (χ4v) is 1.77. The molecule has 0 saturated heterocycles. The number of aryl methyl sites for hydroxylation is 2. The molecule has 1 aromatic rings. The molecule has 0 bridgehead atoms. The number of rotatable bonds is 2. The van der Waals surface area contributed by atoms with Gasteiger partial charge in [-0.05, 0) is 13.3 Å². The van der Waals surface area contributed by atoms with Gasteiger partial charge in [0.2, 0.25) is 0 Å². The summed E-state index contributed by atoms with van der Waals surface area (Å²) in [5, 5.41) is 5.47. The molecule has 2 nitrogen and oxygen atoms in total. The molecule has 0 aromatic carbocycles. The number of aromatic nitrogens is 1. The minimum atomic E-state index is 1.01. The Hall–Kier alpha value is -0.570. The van der Waals surface area contributed by atoms with E-state index in [1.807, 2.05) is 14.0 Å². The molecule has 0 aliphatic carbocycles. The Kier molecular flexibility index (Phi) is 2.27. The SMILES string of the molecule is CCc1nc(C)sc1NC. The van der Waals surface area contributed by atoms with E-state index in [0.29, 0.717) is 0 Å². The minimum Gasteiger partial charge on any atom is -0.378 e. The number of hydrogen-bond donors (Lipinski definition) is 1. The highest BCUT2D eigenvalue weighted by molar-refractivity contribution is 7.15. The van der Waals surface area contributed by atoms with Gasteiger partial charge in [-0.2, -0.15) is 0 Å². The zero-order valence-corrected chi connectivity index (χ0v) is 7.38. The van der Waals surface area contributed by atoms with Crippen LogP contribution in [0.2, 0.25) is 0 Å². The average molecular weight is 156 g/mol. The molecule has 0 unspecified atom stereocenters. The van der Waals surface area contributed by atoms with E-state index in [2.05, 4.69) is 17.2 Å². The van der Waals surface area contributed by atoms with Crippen LogP contribution in [0.1, 0.15) is 17.6 Å². The Balaban J connectivity index is 2.96. The first-order valence-electron chi connectivity index (χ1n) is 3.42. The Morgan fingerprint density at radius 1 is 1.60 bits per heavy atom. The van der Waals surface area contributed by atoms with Crippen molar-refractivity contribution in [1.29, 1.82) is 0 Å². The number of anilines is 1. The van der Waals surface area contributed by atoms with Crippen LogP contribution in [-0.2, 0) is 6.42 Å². The largest absolute Gasteiger partial charge is 0.378 e. The smallest absolute Gasteiger partial charge is 0.112 e. The summed E-state index contributed by atoms with van der Waals surface area (Å²) >= 11 is 1.72. The molecule has 3 heteroatoms. The average Bonchev–Trinajstić information content (AvgIpc) is 2.30. The second-order valence-corrected chi connectivity index (χ2v) is 3.32. The third-order valence-corrected chi connectivity index (χ3v) is 2.40. The standard InChI is InChI=1S/C7H12N2S/c1-4-6-7(8-3)10-5(2)9-6/h8H,4H2,1-3H3. The predicted octanol–water partition coefficient (Wildman–Crippen LogP) is 2.06. The van der Waals surface area contributed by atoms with Crippen LogP contribution in [0.5, 0.6) is 0 Å². The van der Waals surface area contributed by atoms with Gasteiger partial charge in [0.15, 0.2) is 0 Å².